The van der Waals surface area contributed by atoms with Gasteiger partial charge in [-0.25, -0.2) is 0 Å². The Bertz CT molecular complexity index is 1260. The second-order valence-corrected chi connectivity index (χ2v) is 8.12. The van der Waals surface area contributed by atoms with Crippen molar-refractivity contribution >= 4 is 28.4 Å². The summed E-state index contributed by atoms with van der Waals surface area (Å²) in [6.07, 6.45) is 3.55. The molecule has 1 saturated heterocycles. The van der Waals surface area contributed by atoms with E-state index in [0.29, 0.717) is 23.6 Å². The number of amides is 1. The van der Waals surface area contributed by atoms with Gasteiger partial charge in [0.1, 0.15) is 17.3 Å². The molecule has 7 heteroatoms. The number of para-hydroxylation sites is 1. The van der Waals surface area contributed by atoms with Gasteiger partial charge in [0.05, 0.1) is 31.4 Å². The number of hydrogen-bond donors (Lipinski definition) is 1. The molecule has 0 spiro atoms. The van der Waals surface area contributed by atoms with E-state index in [-0.39, 0.29) is 11.3 Å². The van der Waals surface area contributed by atoms with Crippen LogP contribution in [0.5, 0.6) is 11.5 Å². The highest BCUT2D eigenvalue weighted by Gasteiger charge is 2.47. The zero-order valence-corrected chi connectivity index (χ0v) is 19.3. The van der Waals surface area contributed by atoms with Gasteiger partial charge >= 0.3 is 0 Å². The van der Waals surface area contributed by atoms with Crippen molar-refractivity contribution in [2.45, 2.75) is 25.8 Å². The fourth-order valence-corrected chi connectivity index (χ4v) is 4.49. The van der Waals surface area contributed by atoms with Crippen LogP contribution >= 0.6 is 0 Å². The monoisotopic (exact) mass is 448 g/mol. The third kappa shape index (κ3) is 3.73. The molecule has 1 aliphatic heterocycles. The third-order valence-electron chi connectivity index (χ3n) is 6.18. The Kier molecular flexibility index (Phi) is 6.14. The number of aromatic nitrogens is 1. The highest BCUT2D eigenvalue weighted by Crippen LogP contribution is 2.44. The number of aliphatic hydroxyl groups excluding tert-OH is 1. The predicted octanol–water partition coefficient (Wildman–Crippen LogP) is 4.42. The minimum Gasteiger partial charge on any atom is -0.507 e. The number of benzene rings is 2. The number of unbranched alkanes of at least 4 members (excludes halogenated alkanes) is 1. The van der Waals surface area contributed by atoms with Gasteiger partial charge in [0.15, 0.2) is 0 Å². The summed E-state index contributed by atoms with van der Waals surface area (Å²) in [5.41, 5.74) is 2.18. The van der Waals surface area contributed by atoms with Gasteiger partial charge in [0.25, 0.3) is 11.7 Å². The van der Waals surface area contributed by atoms with E-state index in [1.165, 1.54) is 14.2 Å². The molecular formula is C26H28N2O5. The molecule has 7 nitrogen and oxygen atoms in total. The van der Waals surface area contributed by atoms with E-state index in [9.17, 15) is 14.7 Å². The van der Waals surface area contributed by atoms with Crippen LogP contribution in [0.15, 0.2) is 54.2 Å². The lowest BCUT2D eigenvalue weighted by molar-refractivity contribution is -0.139. The molecule has 4 rings (SSSR count). The molecule has 2 heterocycles. The van der Waals surface area contributed by atoms with E-state index in [4.69, 9.17) is 9.47 Å². The Morgan fingerprint density at radius 1 is 1.09 bits per heavy atom. The molecule has 0 radical (unpaired) electrons. The summed E-state index contributed by atoms with van der Waals surface area (Å²) in [6, 6.07) is 12.1. The number of methoxy groups -OCH3 is 2. The Hall–Kier alpha value is -3.74. The van der Waals surface area contributed by atoms with Crippen molar-refractivity contribution in [1.82, 2.24) is 9.47 Å². The van der Waals surface area contributed by atoms with Gasteiger partial charge in [0, 0.05) is 42.3 Å². The maximum absolute atomic E-state index is 13.3. The number of fused-ring (bicyclic) bond motifs is 1. The van der Waals surface area contributed by atoms with Gasteiger partial charge in [-0.3, -0.25) is 9.59 Å². The third-order valence-corrected chi connectivity index (χ3v) is 6.18. The Balaban J connectivity index is 1.97. The van der Waals surface area contributed by atoms with Crippen LogP contribution in [0.2, 0.25) is 0 Å². The number of aryl methyl sites for hydroxylation is 1. The van der Waals surface area contributed by atoms with Crippen LogP contribution in [0, 0.1) is 0 Å². The first kappa shape index (κ1) is 22.5. The molecule has 2 aromatic carbocycles. The number of carbonyl (C=O) groups excluding carboxylic acids is 2. The number of nitrogens with zero attached hydrogens (tertiary/aromatic N) is 2. The van der Waals surface area contributed by atoms with Crippen molar-refractivity contribution in [2.75, 3.05) is 20.8 Å². The lowest BCUT2D eigenvalue weighted by atomic mass is 9.94. The normalized spacial score (nSPS) is 17.7. The van der Waals surface area contributed by atoms with Crippen molar-refractivity contribution < 1.29 is 24.2 Å². The predicted molar refractivity (Wildman–Crippen MR) is 126 cm³/mol. The molecule has 1 atom stereocenters. The van der Waals surface area contributed by atoms with Gasteiger partial charge in [-0.15, -0.1) is 0 Å². The number of Topliss-reactive ketones (excluding diaryl/α,β-unsaturated/α-hetero) is 1. The molecule has 0 saturated carbocycles. The van der Waals surface area contributed by atoms with E-state index in [0.717, 1.165) is 29.3 Å². The van der Waals surface area contributed by atoms with E-state index in [1.54, 1.807) is 23.1 Å². The van der Waals surface area contributed by atoms with Gasteiger partial charge < -0.3 is 24.0 Å². The van der Waals surface area contributed by atoms with Gasteiger partial charge in [-0.1, -0.05) is 31.5 Å². The molecule has 1 amide bonds. The minimum atomic E-state index is -0.700. The number of ketones is 1. The van der Waals surface area contributed by atoms with Crippen LogP contribution in [0.4, 0.5) is 0 Å². The minimum absolute atomic E-state index is 0.0657. The summed E-state index contributed by atoms with van der Waals surface area (Å²) in [6.45, 7) is 2.46. The first-order valence-electron chi connectivity index (χ1n) is 11.0. The van der Waals surface area contributed by atoms with Crippen LogP contribution < -0.4 is 9.47 Å². The number of hydrogen-bond acceptors (Lipinski definition) is 5. The van der Waals surface area contributed by atoms with Crippen LogP contribution in [0.25, 0.3) is 16.7 Å². The second-order valence-electron chi connectivity index (χ2n) is 8.12. The largest absolute Gasteiger partial charge is 0.507 e. The maximum Gasteiger partial charge on any atom is 0.295 e. The molecule has 172 valence electrons. The lowest BCUT2D eigenvalue weighted by Gasteiger charge is -2.25. The fraction of sp³-hybridized carbons (Fsp3) is 0.308. The molecular weight excluding hydrogens is 420 g/mol. The summed E-state index contributed by atoms with van der Waals surface area (Å²) in [4.78, 5) is 28.0. The molecule has 1 N–H and O–H groups in total. The topological polar surface area (TPSA) is 81.0 Å². The molecule has 3 aromatic rings. The average molecular weight is 449 g/mol. The quantitative estimate of drug-likeness (QED) is 0.329. The first-order chi connectivity index (χ1) is 15.9. The van der Waals surface area contributed by atoms with Crippen LogP contribution in [0.3, 0.4) is 0 Å². The van der Waals surface area contributed by atoms with E-state index in [1.807, 2.05) is 49.0 Å². The molecule has 1 unspecified atom stereocenters. The lowest BCUT2D eigenvalue weighted by Crippen LogP contribution is -2.30. The summed E-state index contributed by atoms with van der Waals surface area (Å²) in [5, 5.41) is 12.3. The van der Waals surface area contributed by atoms with E-state index in [2.05, 4.69) is 0 Å². The van der Waals surface area contributed by atoms with Crippen molar-refractivity contribution in [3.8, 4) is 11.5 Å². The van der Waals surface area contributed by atoms with Crippen molar-refractivity contribution in [2.24, 2.45) is 7.05 Å². The number of aliphatic hydroxyl groups is 1. The molecule has 1 aliphatic rings. The summed E-state index contributed by atoms with van der Waals surface area (Å²) < 4.78 is 12.7. The molecule has 1 aromatic heterocycles. The number of likely N-dealkylation sites (tertiary alicyclic amines) is 1. The van der Waals surface area contributed by atoms with E-state index >= 15 is 0 Å². The van der Waals surface area contributed by atoms with Crippen molar-refractivity contribution in [3.05, 3.63) is 65.4 Å². The second kappa shape index (κ2) is 9.02. The smallest absolute Gasteiger partial charge is 0.295 e. The molecule has 0 aliphatic carbocycles. The van der Waals surface area contributed by atoms with Crippen LogP contribution in [0.1, 0.15) is 36.9 Å². The number of carbonyl (C=O) groups is 2. The fourth-order valence-electron chi connectivity index (χ4n) is 4.49. The first-order valence-corrected chi connectivity index (χ1v) is 11.0. The van der Waals surface area contributed by atoms with Crippen molar-refractivity contribution in [1.29, 1.82) is 0 Å². The van der Waals surface area contributed by atoms with Crippen LogP contribution in [-0.4, -0.2) is 47.0 Å². The van der Waals surface area contributed by atoms with Gasteiger partial charge in [-0.05, 0) is 24.6 Å². The summed E-state index contributed by atoms with van der Waals surface area (Å²) >= 11 is 0. The van der Waals surface area contributed by atoms with Crippen molar-refractivity contribution in [3.63, 3.8) is 0 Å². The van der Waals surface area contributed by atoms with E-state index < -0.39 is 17.7 Å². The Labute approximate surface area is 192 Å². The van der Waals surface area contributed by atoms with Gasteiger partial charge in [0.2, 0.25) is 0 Å². The molecule has 0 bridgehead atoms. The highest BCUT2D eigenvalue weighted by atomic mass is 16.5. The standard InChI is InChI=1S/C26H28N2O5/c1-5-6-13-28-23(19-15-27(2)20-10-8-7-9-17(19)20)22(25(30)26(28)31)24(29)18-12-11-16(32-3)14-21(18)33-4/h7-12,14-15,23,29H,5-6,13H2,1-4H3/b24-22+. The van der Waals surface area contributed by atoms with Crippen LogP contribution in [-0.2, 0) is 16.6 Å². The number of rotatable bonds is 7. The zero-order chi connectivity index (χ0) is 23.7. The SMILES string of the molecule is CCCCN1C(=O)C(=O)/C(=C(/O)c2ccc(OC)cc2OC)C1c1cn(C)c2ccccc12. The Morgan fingerprint density at radius 3 is 2.55 bits per heavy atom. The number of ether oxygens (including phenoxy) is 2. The average Bonchev–Trinajstić information content (AvgIpc) is 3.30. The zero-order valence-electron chi connectivity index (χ0n) is 19.3. The summed E-state index contributed by atoms with van der Waals surface area (Å²) in [7, 11) is 4.94. The molecule has 1 fully saturated rings. The Morgan fingerprint density at radius 2 is 1.85 bits per heavy atom. The molecule has 33 heavy (non-hydrogen) atoms. The highest BCUT2D eigenvalue weighted by molar-refractivity contribution is 6.46. The summed E-state index contributed by atoms with van der Waals surface area (Å²) in [5.74, 6) is -0.653. The maximum atomic E-state index is 13.3. The van der Waals surface area contributed by atoms with Gasteiger partial charge in [-0.2, -0.15) is 0 Å².